The van der Waals surface area contributed by atoms with Crippen molar-refractivity contribution in [3.05, 3.63) is 18.6 Å². The molecule has 114 valence electrons. The third-order valence-electron chi connectivity index (χ3n) is 3.93. The summed E-state index contributed by atoms with van der Waals surface area (Å²) in [7, 11) is 2.18. The van der Waals surface area contributed by atoms with Crippen LogP contribution in [0.15, 0.2) is 18.6 Å². The minimum Gasteiger partial charge on any atom is -0.369 e. The Morgan fingerprint density at radius 1 is 1.24 bits per heavy atom. The highest BCUT2D eigenvalue weighted by atomic mass is 15.3. The van der Waals surface area contributed by atoms with E-state index in [-0.39, 0.29) is 0 Å². The highest BCUT2D eigenvalue weighted by Crippen LogP contribution is 2.22. The first-order valence-electron chi connectivity index (χ1n) is 7.79. The van der Waals surface area contributed by atoms with Crippen molar-refractivity contribution < 1.29 is 0 Å². The molecule has 2 aromatic heterocycles. The van der Waals surface area contributed by atoms with Gasteiger partial charge in [-0.05, 0) is 26.4 Å². The second-order valence-corrected chi connectivity index (χ2v) is 5.68. The molecule has 1 fully saturated rings. The van der Waals surface area contributed by atoms with Gasteiger partial charge in [0.1, 0.15) is 5.82 Å². The number of nitrogens with one attached hydrogen (secondary N) is 1. The van der Waals surface area contributed by atoms with Crippen LogP contribution in [-0.4, -0.2) is 59.0 Å². The third kappa shape index (κ3) is 3.10. The molecule has 0 bridgehead atoms. The standard InChI is InChI=1S/C15H24N6/c1-3-5-16-13-12-21-9-6-17-14(21)15(18-13)20-8-4-7-19(2)10-11-20/h6,9,12,16H,3-5,7-8,10-11H2,1-2H3. The number of rotatable bonds is 4. The quantitative estimate of drug-likeness (QED) is 0.928. The molecule has 2 aromatic rings. The summed E-state index contributed by atoms with van der Waals surface area (Å²) in [5.74, 6) is 1.92. The lowest BCUT2D eigenvalue weighted by atomic mass is 10.4. The Morgan fingerprint density at radius 3 is 3.00 bits per heavy atom. The largest absolute Gasteiger partial charge is 0.369 e. The van der Waals surface area contributed by atoms with Gasteiger partial charge in [-0.25, -0.2) is 9.97 Å². The van der Waals surface area contributed by atoms with Crippen molar-refractivity contribution in [2.75, 3.05) is 50.0 Å². The summed E-state index contributed by atoms with van der Waals surface area (Å²) in [5, 5.41) is 3.38. The SMILES string of the molecule is CCCNc1cn2ccnc2c(N2CCCN(C)CC2)n1. The van der Waals surface area contributed by atoms with Crippen molar-refractivity contribution in [3.8, 4) is 0 Å². The number of hydrogen-bond acceptors (Lipinski definition) is 5. The maximum absolute atomic E-state index is 4.81. The fraction of sp³-hybridized carbons (Fsp3) is 0.600. The Balaban J connectivity index is 1.93. The van der Waals surface area contributed by atoms with Gasteiger partial charge in [0.05, 0.1) is 6.20 Å². The molecule has 0 spiro atoms. The van der Waals surface area contributed by atoms with Crippen LogP contribution in [0.4, 0.5) is 11.6 Å². The highest BCUT2D eigenvalue weighted by molar-refractivity contribution is 5.67. The van der Waals surface area contributed by atoms with Crippen molar-refractivity contribution in [1.82, 2.24) is 19.3 Å². The summed E-state index contributed by atoms with van der Waals surface area (Å²) < 4.78 is 2.06. The van der Waals surface area contributed by atoms with Crippen molar-refractivity contribution >= 4 is 17.3 Å². The molecule has 1 saturated heterocycles. The number of likely N-dealkylation sites (N-methyl/N-ethyl adjacent to an activating group) is 1. The number of nitrogens with zero attached hydrogens (tertiary/aromatic N) is 5. The van der Waals surface area contributed by atoms with Gasteiger partial charge in [0.2, 0.25) is 0 Å². The first-order valence-corrected chi connectivity index (χ1v) is 7.79. The van der Waals surface area contributed by atoms with Gasteiger partial charge in [-0.1, -0.05) is 6.92 Å². The third-order valence-corrected chi connectivity index (χ3v) is 3.93. The molecule has 0 amide bonds. The van der Waals surface area contributed by atoms with E-state index in [0.717, 1.165) is 62.8 Å². The van der Waals surface area contributed by atoms with E-state index in [0.29, 0.717) is 0 Å². The lowest BCUT2D eigenvalue weighted by Crippen LogP contribution is -2.30. The summed E-state index contributed by atoms with van der Waals surface area (Å²) in [6, 6.07) is 0. The lowest BCUT2D eigenvalue weighted by molar-refractivity contribution is 0.360. The maximum Gasteiger partial charge on any atom is 0.180 e. The molecule has 0 atom stereocenters. The zero-order valence-electron chi connectivity index (χ0n) is 12.9. The van der Waals surface area contributed by atoms with Gasteiger partial charge in [0.15, 0.2) is 11.5 Å². The molecular formula is C15H24N6. The fourth-order valence-electron chi connectivity index (χ4n) is 2.72. The van der Waals surface area contributed by atoms with Gasteiger partial charge < -0.3 is 19.5 Å². The molecule has 3 rings (SSSR count). The van der Waals surface area contributed by atoms with E-state index in [4.69, 9.17) is 4.98 Å². The van der Waals surface area contributed by atoms with Gasteiger partial charge in [0, 0.05) is 38.6 Å². The van der Waals surface area contributed by atoms with E-state index >= 15 is 0 Å². The van der Waals surface area contributed by atoms with E-state index in [9.17, 15) is 0 Å². The van der Waals surface area contributed by atoms with Gasteiger partial charge in [0.25, 0.3) is 0 Å². The average molecular weight is 288 g/mol. The zero-order valence-corrected chi connectivity index (χ0v) is 12.9. The second-order valence-electron chi connectivity index (χ2n) is 5.68. The minimum absolute atomic E-state index is 0.926. The van der Waals surface area contributed by atoms with Crippen LogP contribution in [0, 0.1) is 0 Å². The van der Waals surface area contributed by atoms with Crippen LogP contribution in [0.2, 0.25) is 0 Å². The van der Waals surface area contributed by atoms with Crippen LogP contribution in [0.1, 0.15) is 19.8 Å². The van der Waals surface area contributed by atoms with Crippen LogP contribution in [-0.2, 0) is 0 Å². The van der Waals surface area contributed by atoms with Crippen molar-refractivity contribution in [1.29, 1.82) is 0 Å². The van der Waals surface area contributed by atoms with E-state index in [2.05, 4.69) is 38.5 Å². The molecule has 1 aliphatic heterocycles. The molecule has 1 N–H and O–H groups in total. The normalized spacial score (nSPS) is 17.1. The molecule has 6 nitrogen and oxygen atoms in total. The fourth-order valence-corrected chi connectivity index (χ4v) is 2.72. The minimum atomic E-state index is 0.926. The molecule has 0 saturated carbocycles. The van der Waals surface area contributed by atoms with Crippen molar-refractivity contribution in [3.63, 3.8) is 0 Å². The predicted octanol–water partition coefficient (Wildman–Crippen LogP) is 1.69. The molecule has 0 aromatic carbocycles. The Morgan fingerprint density at radius 2 is 2.14 bits per heavy atom. The number of aromatic nitrogens is 3. The predicted molar refractivity (Wildman–Crippen MR) is 86.1 cm³/mol. The van der Waals surface area contributed by atoms with Crippen LogP contribution < -0.4 is 10.2 Å². The van der Waals surface area contributed by atoms with Gasteiger partial charge in [-0.3, -0.25) is 0 Å². The van der Waals surface area contributed by atoms with Crippen LogP contribution in [0.5, 0.6) is 0 Å². The van der Waals surface area contributed by atoms with Crippen molar-refractivity contribution in [2.24, 2.45) is 0 Å². The first kappa shape index (κ1) is 14.1. The second kappa shape index (κ2) is 6.30. The molecule has 21 heavy (non-hydrogen) atoms. The highest BCUT2D eigenvalue weighted by Gasteiger charge is 2.18. The van der Waals surface area contributed by atoms with Gasteiger partial charge in [-0.2, -0.15) is 0 Å². The Bertz CT molecular complexity index is 593. The summed E-state index contributed by atoms with van der Waals surface area (Å²) in [4.78, 5) is 14.0. The van der Waals surface area contributed by atoms with Crippen LogP contribution in [0.3, 0.4) is 0 Å². The van der Waals surface area contributed by atoms with E-state index in [1.165, 1.54) is 0 Å². The van der Waals surface area contributed by atoms with E-state index in [1.54, 1.807) is 0 Å². The maximum atomic E-state index is 4.81. The summed E-state index contributed by atoms with van der Waals surface area (Å²) in [5.41, 5.74) is 0.946. The van der Waals surface area contributed by atoms with E-state index in [1.807, 2.05) is 18.6 Å². The monoisotopic (exact) mass is 288 g/mol. The van der Waals surface area contributed by atoms with Crippen molar-refractivity contribution in [2.45, 2.75) is 19.8 Å². The number of hydrogen-bond donors (Lipinski definition) is 1. The zero-order chi connectivity index (χ0) is 14.7. The van der Waals surface area contributed by atoms with E-state index < -0.39 is 0 Å². The van der Waals surface area contributed by atoms with Gasteiger partial charge in [-0.15, -0.1) is 0 Å². The molecule has 3 heterocycles. The lowest BCUT2D eigenvalue weighted by Gasteiger charge is -2.22. The Kier molecular flexibility index (Phi) is 4.24. The number of fused-ring (bicyclic) bond motifs is 1. The Labute approximate surface area is 125 Å². The smallest absolute Gasteiger partial charge is 0.180 e. The van der Waals surface area contributed by atoms with Crippen LogP contribution in [0.25, 0.3) is 5.65 Å². The molecular weight excluding hydrogens is 264 g/mol. The Hall–Kier alpha value is -1.82. The molecule has 0 aliphatic carbocycles. The molecule has 0 radical (unpaired) electrons. The van der Waals surface area contributed by atoms with Crippen LogP contribution >= 0.6 is 0 Å². The average Bonchev–Trinajstić information content (AvgIpc) is 2.86. The first-order chi connectivity index (χ1) is 10.3. The topological polar surface area (TPSA) is 48.7 Å². The summed E-state index contributed by atoms with van der Waals surface area (Å²) in [6.07, 6.45) is 8.10. The summed E-state index contributed by atoms with van der Waals surface area (Å²) >= 11 is 0. The summed E-state index contributed by atoms with van der Waals surface area (Å²) in [6.45, 7) is 7.36. The molecule has 0 unspecified atom stereocenters. The van der Waals surface area contributed by atoms with Gasteiger partial charge >= 0.3 is 0 Å². The number of anilines is 2. The molecule has 6 heteroatoms. The molecule has 1 aliphatic rings. The number of imidazole rings is 1.